The third kappa shape index (κ3) is 6.87. The van der Waals surface area contributed by atoms with E-state index in [0.29, 0.717) is 41.9 Å². The third-order valence-electron chi connectivity index (χ3n) is 6.27. The van der Waals surface area contributed by atoms with Crippen molar-refractivity contribution in [2.75, 3.05) is 0 Å². The number of aryl methyl sites for hydroxylation is 1. The first-order chi connectivity index (χ1) is 17.5. The average Bonchev–Trinajstić information content (AvgIpc) is 3.54. The zero-order valence-electron chi connectivity index (χ0n) is 20.5. The number of hydrogen-bond donors (Lipinski definition) is 3. The van der Waals surface area contributed by atoms with E-state index in [1.807, 2.05) is 37.3 Å². The summed E-state index contributed by atoms with van der Waals surface area (Å²) in [6.45, 7) is 1.89. The molecule has 36 heavy (non-hydrogen) atoms. The van der Waals surface area contributed by atoms with E-state index in [-0.39, 0.29) is 30.0 Å². The normalized spacial score (nSPS) is 12.1. The van der Waals surface area contributed by atoms with E-state index in [2.05, 4.69) is 25.3 Å². The molecule has 0 aliphatic heterocycles. The molecule has 2 heterocycles. The summed E-state index contributed by atoms with van der Waals surface area (Å²) in [5, 5.41) is 3.12. The van der Waals surface area contributed by atoms with Gasteiger partial charge in [-0.3, -0.25) is 9.59 Å². The Kier molecular flexibility index (Phi) is 8.60. The van der Waals surface area contributed by atoms with Crippen molar-refractivity contribution in [1.82, 2.24) is 25.3 Å². The number of rotatable bonds is 13. The number of nitrogens with zero attached hydrogens (tertiary/aromatic N) is 2. The van der Waals surface area contributed by atoms with Crippen LogP contribution in [0.5, 0.6) is 0 Å². The van der Waals surface area contributed by atoms with Gasteiger partial charge >= 0.3 is 0 Å². The Hall–Kier alpha value is -3.81. The first kappa shape index (κ1) is 25.3. The highest BCUT2D eigenvalue weighted by Gasteiger charge is 2.19. The van der Waals surface area contributed by atoms with E-state index in [4.69, 9.17) is 0 Å². The number of Topliss-reactive ketones (excluding diaryl/α,β-unsaturated/α-hetero) is 1. The number of H-pyrrole nitrogens is 2. The lowest BCUT2D eigenvalue weighted by molar-refractivity contribution is -0.122. The molecule has 0 fully saturated rings. The fraction of sp³-hybridized carbons (Fsp3) is 0.357. The number of halogens is 1. The van der Waals surface area contributed by atoms with Crippen LogP contribution in [0.2, 0.25) is 0 Å². The van der Waals surface area contributed by atoms with Crippen molar-refractivity contribution in [3.8, 4) is 11.3 Å². The topological polar surface area (TPSA) is 104 Å². The predicted molar refractivity (Wildman–Crippen MR) is 138 cm³/mol. The van der Waals surface area contributed by atoms with Crippen molar-refractivity contribution in [2.24, 2.45) is 0 Å². The maximum absolute atomic E-state index is 13.4. The standard InChI is InChI=1S/C28H32FN5O2/c1-2-21(35)11-7-4-8-12-23(28-30-18-25(34-28)19-9-5-3-6-10-19)33-27(36)16-15-26-31-22-14-13-20(29)17-24(22)32-26/h3,5-6,9-10,13-14,17-18,23H,2,4,7-8,11-12,15-16H2,1H3,(H,30,34)(H,31,32)(H,33,36)/t23-/m0/s1. The molecule has 0 bridgehead atoms. The molecule has 0 spiro atoms. The Morgan fingerprint density at radius 1 is 1.03 bits per heavy atom. The zero-order valence-corrected chi connectivity index (χ0v) is 20.5. The largest absolute Gasteiger partial charge is 0.346 e. The molecule has 0 unspecified atom stereocenters. The van der Waals surface area contributed by atoms with Crippen LogP contribution >= 0.6 is 0 Å². The number of fused-ring (bicyclic) bond motifs is 1. The molecule has 188 valence electrons. The number of unbranched alkanes of at least 4 members (excludes halogenated alkanes) is 2. The molecule has 0 saturated heterocycles. The molecule has 0 radical (unpaired) electrons. The number of benzene rings is 2. The van der Waals surface area contributed by atoms with Crippen LogP contribution in [0.3, 0.4) is 0 Å². The van der Waals surface area contributed by atoms with Gasteiger partial charge < -0.3 is 15.3 Å². The summed E-state index contributed by atoms with van der Waals surface area (Å²) < 4.78 is 13.4. The number of carbonyl (C=O) groups is 2. The average molecular weight is 490 g/mol. The Balaban J connectivity index is 1.38. The molecule has 0 saturated carbocycles. The minimum atomic E-state index is -0.328. The second kappa shape index (κ2) is 12.2. The molecule has 4 rings (SSSR count). The number of hydrogen-bond acceptors (Lipinski definition) is 4. The molecular weight excluding hydrogens is 457 g/mol. The van der Waals surface area contributed by atoms with Crippen LogP contribution in [-0.4, -0.2) is 31.6 Å². The van der Waals surface area contributed by atoms with Crippen LogP contribution in [0.25, 0.3) is 22.3 Å². The molecular formula is C28H32FN5O2. The quantitative estimate of drug-likeness (QED) is 0.206. The number of aromatic amines is 2. The highest BCUT2D eigenvalue weighted by molar-refractivity contribution is 5.78. The van der Waals surface area contributed by atoms with Crippen LogP contribution in [0.1, 0.15) is 69.6 Å². The maximum atomic E-state index is 13.4. The van der Waals surface area contributed by atoms with Gasteiger partial charge in [0.1, 0.15) is 23.2 Å². The summed E-state index contributed by atoms with van der Waals surface area (Å²) in [4.78, 5) is 39.9. The van der Waals surface area contributed by atoms with E-state index < -0.39 is 0 Å². The number of carbonyl (C=O) groups excluding carboxylic acids is 2. The third-order valence-corrected chi connectivity index (χ3v) is 6.27. The van der Waals surface area contributed by atoms with E-state index in [9.17, 15) is 14.0 Å². The first-order valence-electron chi connectivity index (χ1n) is 12.6. The fourth-order valence-electron chi connectivity index (χ4n) is 4.23. The van der Waals surface area contributed by atoms with Crippen molar-refractivity contribution < 1.29 is 14.0 Å². The van der Waals surface area contributed by atoms with Gasteiger partial charge in [-0.1, -0.05) is 50.1 Å². The minimum absolute atomic E-state index is 0.106. The van der Waals surface area contributed by atoms with Crippen molar-refractivity contribution in [1.29, 1.82) is 0 Å². The number of ketones is 1. The Morgan fingerprint density at radius 3 is 2.67 bits per heavy atom. The Morgan fingerprint density at radius 2 is 1.86 bits per heavy atom. The van der Waals surface area contributed by atoms with Gasteiger partial charge in [0, 0.05) is 25.7 Å². The van der Waals surface area contributed by atoms with Crippen LogP contribution in [0, 0.1) is 5.82 Å². The van der Waals surface area contributed by atoms with E-state index in [1.165, 1.54) is 12.1 Å². The second-order valence-electron chi connectivity index (χ2n) is 9.00. The van der Waals surface area contributed by atoms with Gasteiger partial charge in [-0.05, 0) is 36.6 Å². The summed E-state index contributed by atoms with van der Waals surface area (Å²) in [6.07, 6.45) is 7.00. The fourth-order valence-corrected chi connectivity index (χ4v) is 4.23. The maximum Gasteiger partial charge on any atom is 0.221 e. The van der Waals surface area contributed by atoms with Crippen molar-refractivity contribution in [3.63, 3.8) is 0 Å². The molecule has 2 aromatic carbocycles. The number of nitrogens with one attached hydrogen (secondary N) is 3. The number of amides is 1. The van der Waals surface area contributed by atoms with Crippen LogP contribution < -0.4 is 5.32 Å². The molecule has 2 aromatic heterocycles. The molecule has 4 aromatic rings. The summed E-state index contributed by atoms with van der Waals surface area (Å²) in [6, 6.07) is 14.1. The van der Waals surface area contributed by atoms with Crippen LogP contribution in [-0.2, 0) is 16.0 Å². The van der Waals surface area contributed by atoms with Gasteiger partial charge in [-0.25, -0.2) is 14.4 Å². The minimum Gasteiger partial charge on any atom is -0.346 e. The molecule has 1 amide bonds. The Bertz CT molecular complexity index is 1300. The van der Waals surface area contributed by atoms with E-state index in [0.717, 1.165) is 36.9 Å². The monoisotopic (exact) mass is 489 g/mol. The smallest absolute Gasteiger partial charge is 0.221 e. The Labute approximate surface area is 210 Å². The highest BCUT2D eigenvalue weighted by atomic mass is 19.1. The lowest BCUT2D eigenvalue weighted by atomic mass is 10.0. The van der Waals surface area contributed by atoms with E-state index in [1.54, 1.807) is 12.3 Å². The van der Waals surface area contributed by atoms with Gasteiger partial charge in [-0.15, -0.1) is 0 Å². The molecule has 3 N–H and O–H groups in total. The summed E-state index contributed by atoms with van der Waals surface area (Å²) >= 11 is 0. The lowest BCUT2D eigenvalue weighted by Crippen LogP contribution is -2.29. The van der Waals surface area contributed by atoms with Crippen molar-refractivity contribution in [2.45, 2.75) is 64.3 Å². The molecule has 0 aliphatic rings. The van der Waals surface area contributed by atoms with Gasteiger partial charge in [0.2, 0.25) is 5.91 Å². The van der Waals surface area contributed by atoms with Crippen molar-refractivity contribution in [3.05, 3.63) is 72.2 Å². The predicted octanol–water partition coefficient (Wildman–Crippen LogP) is 5.81. The van der Waals surface area contributed by atoms with Gasteiger partial charge in [0.05, 0.1) is 29.0 Å². The zero-order chi connectivity index (χ0) is 25.3. The van der Waals surface area contributed by atoms with Gasteiger partial charge in [0.15, 0.2) is 0 Å². The summed E-state index contributed by atoms with van der Waals surface area (Å²) in [5.74, 6) is 1.21. The summed E-state index contributed by atoms with van der Waals surface area (Å²) in [7, 11) is 0. The number of aromatic nitrogens is 4. The summed E-state index contributed by atoms with van der Waals surface area (Å²) in [5.41, 5.74) is 3.22. The molecule has 0 aliphatic carbocycles. The SMILES string of the molecule is CCC(=O)CCCCC[C@H](NC(=O)CCc1nc2ccc(F)cc2[nH]1)c1ncc(-c2ccccc2)[nH]1. The molecule has 8 heteroatoms. The molecule has 1 atom stereocenters. The van der Waals surface area contributed by atoms with Crippen molar-refractivity contribution >= 4 is 22.7 Å². The van der Waals surface area contributed by atoms with Crippen LogP contribution in [0.15, 0.2) is 54.7 Å². The lowest BCUT2D eigenvalue weighted by Gasteiger charge is -2.17. The van der Waals surface area contributed by atoms with Gasteiger partial charge in [0.25, 0.3) is 0 Å². The van der Waals surface area contributed by atoms with E-state index >= 15 is 0 Å². The first-order valence-corrected chi connectivity index (χ1v) is 12.6. The molecule has 7 nitrogen and oxygen atoms in total. The van der Waals surface area contributed by atoms with Gasteiger partial charge in [-0.2, -0.15) is 0 Å². The second-order valence-corrected chi connectivity index (χ2v) is 9.00. The van der Waals surface area contributed by atoms with Crippen LogP contribution in [0.4, 0.5) is 4.39 Å². The highest BCUT2D eigenvalue weighted by Crippen LogP contribution is 2.23. The number of imidazole rings is 2.